The third-order valence-electron chi connectivity index (χ3n) is 2.75. The van der Waals surface area contributed by atoms with Crippen molar-refractivity contribution in [3.05, 3.63) is 30.2 Å². The summed E-state index contributed by atoms with van der Waals surface area (Å²) >= 11 is 0. The number of nitrogens with zero attached hydrogens (tertiary/aromatic N) is 2. The zero-order chi connectivity index (χ0) is 11.8. The minimum Gasteiger partial charge on any atom is -0.477 e. The molecule has 1 aliphatic rings. The first kappa shape index (κ1) is 10.0. The molecular weight excluding hydrogens is 218 g/mol. The Balaban J connectivity index is 2.12. The maximum atomic E-state index is 10.9. The lowest BCUT2D eigenvalue weighted by molar-refractivity contribution is 0.0691. The molecule has 5 heteroatoms. The summed E-state index contributed by atoms with van der Waals surface area (Å²) in [7, 11) is 0. The van der Waals surface area contributed by atoms with E-state index in [4.69, 9.17) is 5.11 Å². The maximum absolute atomic E-state index is 10.9. The third kappa shape index (κ3) is 1.91. The SMILES string of the molecule is O=C(O)c1ccc2cncc(NC3CC3)c2n1. The molecule has 0 saturated heterocycles. The standard InChI is InChI=1S/C12H11N3O2/c16-12(17)9-4-1-7-5-13-6-10(11(7)15-9)14-8-2-3-8/h1,4-6,8,14H,2-3H2,(H,16,17). The van der Waals surface area contributed by atoms with Crippen molar-refractivity contribution in [2.45, 2.75) is 18.9 Å². The molecule has 2 heterocycles. The molecule has 5 nitrogen and oxygen atoms in total. The third-order valence-corrected chi connectivity index (χ3v) is 2.75. The highest BCUT2D eigenvalue weighted by Crippen LogP contribution is 2.28. The number of aromatic carboxylic acids is 1. The van der Waals surface area contributed by atoms with E-state index < -0.39 is 5.97 Å². The Morgan fingerprint density at radius 1 is 1.35 bits per heavy atom. The second-order valence-electron chi connectivity index (χ2n) is 4.18. The lowest BCUT2D eigenvalue weighted by Gasteiger charge is -2.07. The molecule has 2 N–H and O–H groups in total. The molecule has 0 amide bonds. The summed E-state index contributed by atoms with van der Waals surface area (Å²) in [5, 5.41) is 13.1. The first-order valence-electron chi connectivity index (χ1n) is 5.48. The van der Waals surface area contributed by atoms with Gasteiger partial charge >= 0.3 is 5.97 Å². The Labute approximate surface area is 97.5 Å². The molecule has 0 spiro atoms. The maximum Gasteiger partial charge on any atom is 0.354 e. The van der Waals surface area contributed by atoms with E-state index in [1.807, 2.05) is 0 Å². The Morgan fingerprint density at radius 2 is 2.18 bits per heavy atom. The average molecular weight is 229 g/mol. The van der Waals surface area contributed by atoms with Gasteiger partial charge in [-0.25, -0.2) is 9.78 Å². The molecule has 0 aliphatic heterocycles. The van der Waals surface area contributed by atoms with E-state index in [0.717, 1.165) is 23.9 Å². The second-order valence-corrected chi connectivity index (χ2v) is 4.18. The van der Waals surface area contributed by atoms with Crippen molar-refractivity contribution >= 4 is 22.6 Å². The van der Waals surface area contributed by atoms with E-state index in [9.17, 15) is 4.79 Å². The van der Waals surface area contributed by atoms with E-state index in [1.54, 1.807) is 18.5 Å². The number of carbonyl (C=O) groups is 1. The highest BCUT2D eigenvalue weighted by molar-refractivity contribution is 5.94. The molecule has 0 radical (unpaired) electrons. The molecule has 1 fully saturated rings. The Hall–Kier alpha value is -2.17. The number of nitrogens with one attached hydrogen (secondary N) is 1. The van der Waals surface area contributed by atoms with Crippen molar-refractivity contribution in [3.8, 4) is 0 Å². The van der Waals surface area contributed by atoms with Gasteiger partial charge in [-0.05, 0) is 25.0 Å². The number of hydrogen-bond donors (Lipinski definition) is 2. The molecule has 0 atom stereocenters. The van der Waals surface area contributed by atoms with Crippen LogP contribution >= 0.6 is 0 Å². The normalized spacial score (nSPS) is 14.8. The van der Waals surface area contributed by atoms with Gasteiger partial charge in [0.15, 0.2) is 0 Å². The second kappa shape index (κ2) is 3.69. The van der Waals surface area contributed by atoms with E-state index in [0.29, 0.717) is 11.6 Å². The lowest BCUT2D eigenvalue weighted by Crippen LogP contribution is -2.05. The summed E-state index contributed by atoms with van der Waals surface area (Å²) in [6.07, 6.45) is 5.68. The van der Waals surface area contributed by atoms with Crippen LogP contribution in [0.4, 0.5) is 5.69 Å². The number of hydrogen-bond acceptors (Lipinski definition) is 4. The predicted octanol–water partition coefficient (Wildman–Crippen LogP) is 1.90. The van der Waals surface area contributed by atoms with E-state index >= 15 is 0 Å². The molecular formula is C12H11N3O2. The van der Waals surface area contributed by atoms with Gasteiger partial charge in [-0.2, -0.15) is 0 Å². The van der Waals surface area contributed by atoms with Gasteiger partial charge in [-0.3, -0.25) is 4.98 Å². The van der Waals surface area contributed by atoms with Crippen molar-refractivity contribution in [1.29, 1.82) is 0 Å². The molecule has 86 valence electrons. The smallest absolute Gasteiger partial charge is 0.354 e. The van der Waals surface area contributed by atoms with Crippen LogP contribution in [0.1, 0.15) is 23.3 Å². The highest BCUT2D eigenvalue weighted by atomic mass is 16.4. The quantitative estimate of drug-likeness (QED) is 0.840. The van der Waals surface area contributed by atoms with Gasteiger partial charge in [0, 0.05) is 17.6 Å². The van der Waals surface area contributed by atoms with E-state index in [-0.39, 0.29) is 5.69 Å². The van der Waals surface area contributed by atoms with E-state index in [2.05, 4.69) is 15.3 Å². The Morgan fingerprint density at radius 3 is 2.88 bits per heavy atom. The number of anilines is 1. The van der Waals surface area contributed by atoms with Gasteiger partial charge in [0.05, 0.1) is 17.4 Å². The first-order chi connectivity index (χ1) is 8.24. The zero-order valence-corrected chi connectivity index (χ0v) is 9.05. The van der Waals surface area contributed by atoms with Crippen LogP contribution in [0.25, 0.3) is 10.9 Å². The summed E-state index contributed by atoms with van der Waals surface area (Å²) < 4.78 is 0. The molecule has 0 unspecified atom stereocenters. The lowest BCUT2D eigenvalue weighted by atomic mass is 10.2. The van der Waals surface area contributed by atoms with Crippen molar-refractivity contribution < 1.29 is 9.90 Å². The summed E-state index contributed by atoms with van der Waals surface area (Å²) in [4.78, 5) is 19.2. The Kier molecular flexibility index (Phi) is 2.18. The summed E-state index contributed by atoms with van der Waals surface area (Å²) in [5.41, 5.74) is 1.54. The van der Waals surface area contributed by atoms with Crippen molar-refractivity contribution in [2.24, 2.45) is 0 Å². The van der Waals surface area contributed by atoms with Crippen molar-refractivity contribution in [1.82, 2.24) is 9.97 Å². The van der Waals surface area contributed by atoms with Crippen LogP contribution in [0.5, 0.6) is 0 Å². The summed E-state index contributed by atoms with van der Waals surface area (Å²) in [5.74, 6) is -1.01. The van der Waals surface area contributed by atoms with Gasteiger partial charge in [-0.15, -0.1) is 0 Å². The number of aromatic nitrogens is 2. The minimum absolute atomic E-state index is 0.0579. The number of rotatable bonds is 3. The monoisotopic (exact) mass is 229 g/mol. The van der Waals surface area contributed by atoms with Gasteiger partial charge in [0.2, 0.25) is 0 Å². The van der Waals surface area contributed by atoms with Gasteiger partial charge in [0.25, 0.3) is 0 Å². The fraction of sp³-hybridized carbons (Fsp3) is 0.250. The topological polar surface area (TPSA) is 75.1 Å². The van der Waals surface area contributed by atoms with Crippen LogP contribution in [0.3, 0.4) is 0 Å². The zero-order valence-electron chi connectivity index (χ0n) is 9.05. The van der Waals surface area contributed by atoms with Crippen LogP contribution in [0.15, 0.2) is 24.5 Å². The fourth-order valence-electron chi connectivity index (χ4n) is 1.72. The number of fused-ring (bicyclic) bond motifs is 1. The van der Waals surface area contributed by atoms with Crippen LogP contribution in [0, 0.1) is 0 Å². The first-order valence-corrected chi connectivity index (χ1v) is 5.48. The fourth-order valence-corrected chi connectivity index (χ4v) is 1.72. The molecule has 1 saturated carbocycles. The van der Waals surface area contributed by atoms with Gasteiger partial charge in [-0.1, -0.05) is 0 Å². The molecule has 17 heavy (non-hydrogen) atoms. The molecule has 0 aromatic carbocycles. The van der Waals surface area contributed by atoms with Crippen molar-refractivity contribution in [2.75, 3.05) is 5.32 Å². The summed E-state index contributed by atoms with van der Waals surface area (Å²) in [6, 6.07) is 3.71. The number of pyridine rings is 2. The van der Waals surface area contributed by atoms with Crippen molar-refractivity contribution in [3.63, 3.8) is 0 Å². The summed E-state index contributed by atoms with van der Waals surface area (Å²) in [6.45, 7) is 0. The van der Waals surface area contributed by atoms with Crippen LogP contribution in [-0.4, -0.2) is 27.1 Å². The minimum atomic E-state index is -1.01. The van der Waals surface area contributed by atoms with Crippen LogP contribution < -0.4 is 5.32 Å². The number of carboxylic acids is 1. The predicted molar refractivity (Wildman–Crippen MR) is 63.1 cm³/mol. The van der Waals surface area contributed by atoms with Gasteiger partial charge < -0.3 is 10.4 Å². The Bertz CT molecular complexity index is 593. The largest absolute Gasteiger partial charge is 0.477 e. The molecule has 3 rings (SSSR count). The molecule has 1 aliphatic carbocycles. The molecule has 0 bridgehead atoms. The molecule has 2 aromatic rings. The van der Waals surface area contributed by atoms with Gasteiger partial charge in [0.1, 0.15) is 5.69 Å². The van der Waals surface area contributed by atoms with Crippen LogP contribution in [-0.2, 0) is 0 Å². The number of carboxylic acid groups (broad SMARTS) is 1. The highest BCUT2D eigenvalue weighted by Gasteiger charge is 2.22. The van der Waals surface area contributed by atoms with Crippen LogP contribution in [0.2, 0.25) is 0 Å². The molecule has 2 aromatic heterocycles. The van der Waals surface area contributed by atoms with E-state index in [1.165, 1.54) is 6.07 Å². The average Bonchev–Trinajstić information content (AvgIpc) is 3.13.